The van der Waals surface area contributed by atoms with Crippen LogP contribution in [0.2, 0.25) is 0 Å². The topological polar surface area (TPSA) is 69.2 Å². The Morgan fingerprint density at radius 2 is 2.27 bits per heavy atom. The normalized spacial score (nSPS) is 9.13. The van der Waals surface area contributed by atoms with Crippen LogP contribution in [0, 0.1) is 22.0 Å². The van der Waals surface area contributed by atoms with Crippen LogP contribution in [0.1, 0.15) is 12.0 Å². The highest BCUT2D eigenvalue weighted by molar-refractivity contribution is 9.09. The average Bonchev–Trinajstić information content (AvgIpc) is 2.17. The number of benzene rings is 1. The molecule has 0 bridgehead atoms. The zero-order valence-electron chi connectivity index (χ0n) is 7.87. The number of rotatable bonds is 2. The van der Waals surface area contributed by atoms with Crippen molar-refractivity contribution in [1.82, 2.24) is 0 Å². The fraction of sp³-hybridized carbons (Fsp3) is 0.200. The van der Waals surface area contributed by atoms with Crippen molar-refractivity contribution < 1.29 is 4.92 Å². The third-order valence-electron chi connectivity index (χ3n) is 1.68. The number of nitrogens with zero attached hydrogens (tertiary/aromatic N) is 1. The number of halogens is 1. The molecule has 0 atom stereocenters. The second-order valence-electron chi connectivity index (χ2n) is 2.77. The van der Waals surface area contributed by atoms with Crippen LogP contribution in [-0.4, -0.2) is 10.3 Å². The molecule has 0 aliphatic carbocycles. The summed E-state index contributed by atoms with van der Waals surface area (Å²) in [7, 11) is 0. The lowest BCUT2D eigenvalue weighted by molar-refractivity contribution is -0.383. The zero-order chi connectivity index (χ0) is 11.3. The summed E-state index contributed by atoms with van der Waals surface area (Å²) in [5.41, 5.74) is 6.26. The third-order valence-corrected chi connectivity index (χ3v) is 2.07. The van der Waals surface area contributed by atoms with Gasteiger partial charge < -0.3 is 5.73 Å². The molecule has 0 saturated carbocycles. The standard InChI is InChI=1S/C10H9BrN2O2/c11-6-2-1-3-8-4-5-10(13(14)15)9(12)7-8/h4-5,7H,2,6,12H2. The highest BCUT2D eigenvalue weighted by Crippen LogP contribution is 2.21. The number of alkyl halides is 1. The Labute approximate surface area is 95.8 Å². The van der Waals surface area contributed by atoms with Crippen molar-refractivity contribution in [2.75, 3.05) is 11.1 Å². The molecule has 0 aliphatic rings. The fourth-order valence-electron chi connectivity index (χ4n) is 1.01. The number of nitro groups is 1. The summed E-state index contributed by atoms with van der Waals surface area (Å²) in [5, 5.41) is 11.3. The lowest BCUT2D eigenvalue weighted by atomic mass is 10.2. The first-order valence-corrected chi connectivity index (χ1v) is 5.36. The largest absolute Gasteiger partial charge is 0.393 e. The highest BCUT2D eigenvalue weighted by Gasteiger charge is 2.09. The third kappa shape index (κ3) is 3.26. The van der Waals surface area contributed by atoms with E-state index in [0.717, 1.165) is 11.8 Å². The van der Waals surface area contributed by atoms with Gasteiger partial charge in [-0.3, -0.25) is 10.1 Å². The first kappa shape index (κ1) is 11.5. The van der Waals surface area contributed by atoms with Crippen LogP contribution in [0.15, 0.2) is 18.2 Å². The molecule has 1 aromatic carbocycles. The Morgan fingerprint density at radius 1 is 1.53 bits per heavy atom. The summed E-state index contributed by atoms with van der Waals surface area (Å²) in [5.74, 6) is 5.77. The van der Waals surface area contributed by atoms with Crippen LogP contribution in [0.4, 0.5) is 11.4 Å². The average molecular weight is 269 g/mol. The Kier molecular flexibility index (Phi) is 4.13. The van der Waals surface area contributed by atoms with E-state index in [1.807, 2.05) is 0 Å². The van der Waals surface area contributed by atoms with Gasteiger partial charge in [0, 0.05) is 23.4 Å². The highest BCUT2D eigenvalue weighted by atomic mass is 79.9. The van der Waals surface area contributed by atoms with Crippen LogP contribution in [0.5, 0.6) is 0 Å². The quantitative estimate of drug-likeness (QED) is 0.294. The van der Waals surface area contributed by atoms with Gasteiger partial charge in [0.1, 0.15) is 5.69 Å². The van der Waals surface area contributed by atoms with Gasteiger partial charge >= 0.3 is 0 Å². The number of nitrogens with two attached hydrogens (primary N) is 1. The predicted octanol–water partition coefficient (Wildman–Crippen LogP) is 2.31. The van der Waals surface area contributed by atoms with Crippen molar-refractivity contribution in [2.24, 2.45) is 0 Å². The Morgan fingerprint density at radius 3 is 2.80 bits per heavy atom. The molecule has 0 amide bonds. The van der Waals surface area contributed by atoms with E-state index in [-0.39, 0.29) is 11.4 Å². The van der Waals surface area contributed by atoms with Gasteiger partial charge in [0.05, 0.1) is 4.92 Å². The monoisotopic (exact) mass is 268 g/mol. The smallest absolute Gasteiger partial charge is 0.292 e. The first-order chi connectivity index (χ1) is 7.15. The second-order valence-corrected chi connectivity index (χ2v) is 3.56. The first-order valence-electron chi connectivity index (χ1n) is 4.24. The van der Waals surface area contributed by atoms with Crippen molar-refractivity contribution in [3.8, 4) is 11.8 Å². The minimum absolute atomic E-state index is 0.0824. The minimum atomic E-state index is -0.509. The molecule has 15 heavy (non-hydrogen) atoms. The van der Waals surface area contributed by atoms with Crippen molar-refractivity contribution in [2.45, 2.75) is 6.42 Å². The van der Waals surface area contributed by atoms with Gasteiger partial charge in [-0.15, -0.1) is 0 Å². The molecule has 0 saturated heterocycles. The van der Waals surface area contributed by atoms with E-state index in [4.69, 9.17) is 5.73 Å². The second kappa shape index (κ2) is 5.37. The molecule has 0 aromatic heterocycles. The van der Waals surface area contributed by atoms with E-state index in [9.17, 15) is 10.1 Å². The van der Waals surface area contributed by atoms with Crippen LogP contribution >= 0.6 is 15.9 Å². The Balaban J connectivity index is 2.93. The summed E-state index contributed by atoms with van der Waals surface area (Å²) >= 11 is 3.25. The van der Waals surface area contributed by atoms with Gasteiger partial charge in [-0.25, -0.2) is 0 Å². The summed E-state index contributed by atoms with van der Waals surface area (Å²) in [6, 6.07) is 4.47. The molecule has 0 radical (unpaired) electrons. The van der Waals surface area contributed by atoms with Crippen molar-refractivity contribution >= 4 is 27.3 Å². The van der Waals surface area contributed by atoms with Gasteiger partial charge in [0.2, 0.25) is 0 Å². The van der Waals surface area contributed by atoms with E-state index >= 15 is 0 Å². The zero-order valence-corrected chi connectivity index (χ0v) is 9.45. The van der Waals surface area contributed by atoms with Crippen molar-refractivity contribution in [3.63, 3.8) is 0 Å². The van der Waals surface area contributed by atoms with Crippen LogP contribution < -0.4 is 5.73 Å². The Bertz CT molecular complexity index is 435. The number of hydrogen-bond donors (Lipinski definition) is 1. The molecular formula is C10H9BrN2O2. The molecule has 5 heteroatoms. The molecule has 0 heterocycles. The van der Waals surface area contributed by atoms with E-state index < -0.39 is 4.92 Å². The van der Waals surface area contributed by atoms with Crippen LogP contribution in [0.25, 0.3) is 0 Å². The van der Waals surface area contributed by atoms with Gasteiger partial charge in [-0.2, -0.15) is 0 Å². The van der Waals surface area contributed by atoms with E-state index in [1.54, 1.807) is 6.07 Å². The minimum Gasteiger partial charge on any atom is -0.393 e. The lowest BCUT2D eigenvalue weighted by Crippen LogP contribution is -1.95. The number of anilines is 1. The van der Waals surface area contributed by atoms with E-state index in [1.165, 1.54) is 12.1 Å². The van der Waals surface area contributed by atoms with Gasteiger partial charge in [-0.05, 0) is 12.1 Å². The van der Waals surface area contributed by atoms with Crippen LogP contribution in [-0.2, 0) is 0 Å². The fourth-order valence-corrected chi connectivity index (χ4v) is 1.21. The van der Waals surface area contributed by atoms with Crippen LogP contribution in [0.3, 0.4) is 0 Å². The molecule has 78 valence electrons. The molecule has 1 aromatic rings. The van der Waals surface area contributed by atoms with E-state index in [0.29, 0.717) is 5.56 Å². The maximum absolute atomic E-state index is 10.5. The summed E-state index contributed by atoms with van der Waals surface area (Å²) < 4.78 is 0. The van der Waals surface area contributed by atoms with E-state index in [2.05, 4.69) is 27.8 Å². The predicted molar refractivity (Wildman–Crippen MR) is 62.8 cm³/mol. The maximum atomic E-state index is 10.5. The summed E-state index contributed by atoms with van der Waals surface area (Å²) in [6.45, 7) is 0. The molecule has 4 nitrogen and oxygen atoms in total. The SMILES string of the molecule is Nc1cc(C#CCCBr)ccc1[N+](=O)[O-]. The van der Waals surface area contributed by atoms with Gasteiger partial charge in [0.25, 0.3) is 5.69 Å². The number of nitrogen functional groups attached to an aromatic ring is 1. The molecular weight excluding hydrogens is 260 g/mol. The molecule has 0 fully saturated rings. The molecule has 0 unspecified atom stereocenters. The maximum Gasteiger partial charge on any atom is 0.292 e. The van der Waals surface area contributed by atoms with Crippen molar-refractivity contribution in [3.05, 3.63) is 33.9 Å². The number of hydrogen-bond acceptors (Lipinski definition) is 3. The van der Waals surface area contributed by atoms with Crippen molar-refractivity contribution in [1.29, 1.82) is 0 Å². The molecule has 2 N–H and O–H groups in total. The number of nitro benzene ring substituents is 1. The molecule has 0 spiro atoms. The van der Waals surface area contributed by atoms with Gasteiger partial charge in [0.15, 0.2) is 0 Å². The summed E-state index contributed by atoms with van der Waals surface area (Å²) in [4.78, 5) is 9.97. The lowest BCUT2D eigenvalue weighted by Gasteiger charge is -1.96. The van der Waals surface area contributed by atoms with Gasteiger partial charge in [-0.1, -0.05) is 27.8 Å². The summed E-state index contributed by atoms with van der Waals surface area (Å²) in [6.07, 6.45) is 0.733. The Hall–Kier alpha value is -1.54. The molecule has 1 rings (SSSR count). The molecule has 0 aliphatic heterocycles.